The van der Waals surface area contributed by atoms with Crippen LogP contribution in [0.25, 0.3) is 11.1 Å². The van der Waals surface area contributed by atoms with E-state index in [0.717, 1.165) is 11.3 Å². The van der Waals surface area contributed by atoms with Crippen LogP contribution in [0.3, 0.4) is 0 Å². The molecule has 0 saturated heterocycles. The first kappa shape index (κ1) is 11.5. The number of aromatic nitrogens is 2. The third kappa shape index (κ3) is 1.71. The van der Waals surface area contributed by atoms with Crippen molar-refractivity contribution < 1.29 is 9.21 Å². The first-order valence-corrected chi connectivity index (χ1v) is 5.92. The van der Waals surface area contributed by atoms with Crippen LogP contribution in [-0.4, -0.2) is 16.0 Å². The summed E-state index contributed by atoms with van der Waals surface area (Å²) >= 11 is 0. The van der Waals surface area contributed by atoms with Gasteiger partial charge in [0, 0.05) is 11.3 Å². The van der Waals surface area contributed by atoms with E-state index in [1.807, 2.05) is 32.0 Å². The molecule has 2 heterocycles. The summed E-state index contributed by atoms with van der Waals surface area (Å²) in [7, 11) is 0. The number of carbonyl (C=O) groups is 1. The first-order chi connectivity index (χ1) is 9.08. The minimum Gasteiger partial charge on any atom is -0.420 e. The van der Waals surface area contributed by atoms with Crippen LogP contribution in [-0.2, 0) is 0 Å². The standard InChI is InChI=1S/C14H13N3O2/c1-7-4-3-5-9(6-7)12(18)11-10-8(2)16-17-14(10)19-13(11)15/h3-6H,15H2,1-2H3,(H,16,17). The van der Waals surface area contributed by atoms with Crippen LogP contribution in [0.4, 0.5) is 5.88 Å². The van der Waals surface area contributed by atoms with Gasteiger partial charge in [0.2, 0.25) is 11.6 Å². The van der Waals surface area contributed by atoms with Crippen LogP contribution in [0.2, 0.25) is 0 Å². The van der Waals surface area contributed by atoms with Crippen LogP contribution in [0.1, 0.15) is 27.2 Å². The van der Waals surface area contributed by atoms with Crippen molar-refractivity contribution in [1.82, 2.24) is 10.2 Å². The normalized spacial score (nSPS) is 11.1. The molecule has 96 valence electrons. The molecule has 0 atom stereocenters. The second kappa shape index (κ2) is 3.98. The smallest absolute Gasteiger partial charge is 0.248 e. The highest BCUT2D eigenvalue weighted by Gasteiger charge is 2.23. The number of furan rings is 1. The number of nitrogen functional groups attached to an aromatic ring is 1. The van der Waals surface area contributed by atoms with Crippen molar-refractivity contribution in [3.63, 3.8) is 0 Å². The van der Waals surface area contributed by atoms with Crippen molar-refractivity contribution in [3.8, 4) is 0 Å². The summed E-state index contributed by atoms with van der Waals surface area (Å²) in [6, 6.07) is 7.38. The predicted molar refractivity (Wildman–Crippen MR) is 72.1 cm³/mol. The Morgan fingerprint density at radius 2 is 2.16 bits per heavy atom. The van der Waals surface area contributed by atoms with Gasteiger partial charge < -0.3 is 10.2 Å². The number of aromatic amines is 1. The van der Waals surface area contributed by atoms with E-state index in [4.69, 9.17) is 10.2 Å². The molecule has 5 nitrogen and oxygen atoms in total. The fraction of sp³-hybridized carbons (Fsp3) is 0.143. The number of carbonyl (C=O) groups excluding carboxylic acids is 1. The molecule has 0 unspecified atom stereocenters. The van der Waals surface area contributed by atoms with Gasteiger partial charge in [0.25, 0.3) is 0 Å². The average Bonchev–Trinajstić information content (AvgIpc) is 2.88. The Labute approximate surface area is 109 Å². The highest BCUT2D eigenvalue weighted by molar-refractivity contribution is 6.19. The lowest BCUT2D eigenvalue weighted by Gasteiger charge is -2.01. The number of fused-ring (bicyclic) bond motifs is 1. The van der Waals surface area contributed by atoms with Crippen LogP contribution in [0.5, 0.6) is 0 Å². The SMILES string of the molecule is Cc1cccc(C(=O)c2c(N)oc3n[nH]c(C)c23)c1. The second-order valence-electron chi connectivity index (χ2n) is 4.57. The van der Waals surface area contributed by atoms with Crippen molar-refractivity contribution in [2.24, 2.45) is 0 Å². The number of H-pyrrole nitrogens is 1. The maximum atomic E-state index is 12.6. The Balaban J connectivity index is 2.21. The number of benzene rings is 1. The molecule has 0 aliphatic rings. The lowest BCUT2D eigenvalue weighted by Crippen LogP contribution is -2.04. The number of rotatable bonds is 2. The van der Waals surface area contributed by atoms with Gasteiger partial charge in [-0.1, -0.05) is 23.8 Å². The minimum atomic E-state index is -0.149. The fourth-order valence-corrected chi connectivity index (χ4v) is 2.21. The lowest BCUT2D eigenvalue weighted by atomic mass is 10.0. The van der Waals surface area contributed by atoms with Crippen molar-refractivity contribution in [3.05, 3.63) is 46.6 Å². The molecular weight excluding hydrogens is 242 g/mol. The number of aryl methyl sites for hydroxylation is 2. The largest absolute Gasteiger partial charge is 0.420 e. The zero-order valence-electron chi connectivity index (χ0n) is 10.7. The molecule has 2 aromatic heterocycles. The van der Waals surface area contributed by atoms with Crippen molar-refractivity contribution in [2.45, 2.75) is 13.8 Å². The Morgan fingerprint density at radius 3 is 2.89 bits per heavy atom. The number of nitrogens with one attached hydrogen (secondary N) is 1. The molecule has 0 aliphatic heterocycles. The molecule has 0 bridgehead atoms. The molecule has 3 aromatic rings. The van der Waals surface area contributed by atoms with Gasteiger partial charge in [0.15, 0.2) is 5.78 Å². The van der Waals surface area contributed by atoms with E-state index in [1.54, 1.807) is 6.07 Å². The molecule has 1 aromatic carbocycles. The third-order valence-corrected chi connectivity index (χ3v) is 3.12. The Bertz CT molecular complexity index is 783. The molecule has 0 spiro atoms. The number of hydrogen-bond acceptors (Lipinski definition) is 4. The first-order valence-electron chi connectivity index (χ1n) is 5.92. The second-order valence-corrected chi connectivity index (χ2v) is 4.57. The Hall–Kier alpha value is -2.56. The molecule has 3 rings (SSSR count). The molecule has 5 heteroatoms. The summed E-state index contributed by atoms with van der Waals surface area (Å²) in [4.78, 5) is 12.6. The molecule has 0 saturated carbocycles. The van der Waals surface area contributed by atoms with Crippen molar-refractivity contribution in [1.29, 1.82) is 0 Å². The van der Waals surface area contributed by atoms with E-state index in [9.17, 15) is 4.79 Å². The van der Waals surface area contributed by atoms with Crippen LogP contribution < -0.4 is 5.73 Å². The van der Waals surface area contributed by atoms with E-state index in [1.165, 1.54) is 0 Å². The lowest BCUT2D eigenvalue weighted by molar-refractivity contribution is 0.104. The fourth-order valence-electron chi connectivity index (χ4n) is 2.21. The quantitative estimate of drug-likeness (QED) is 0.689. The number of ketones is 1. The zero-order valence-corrected chi connectivity index (χ0v) is 10.7. The molecule has 0 radical (unpaired) electrons. The van der Waals surface area contributed by atoms with Gasteiger partial charge in [0.1, 0.15) is 0 Å². The molecule has 19 heavy (non-hydrogen) atoms. The Kier molecular flexibility index (Phi) is 2.41. The molecule has 0 aliphatic carbocycles. The van der Waals surface area contributed by atoms with Crippen molar-refractivity contribution in [2.75, 3.05) is 5.73 Å². The summed E-state index contributed by atoms with van der Waals surface area (Å²) in [6.45, 7) is 3.77. The van der Waals surface area contributed by atoms with E-state index in [-0.39, 0.29) is 11.7 Å². The van der Waals surface area contributed by atoms with Gasteiger partial charge in [0.05, 0.1) is 10.9 Å². The summed E-state index contributed by atoms with van der Waals surface area (Å²) in [5.74, 6) is -0.0365. The summed E-state index contributed by atoms with van der Waals surface area (Å²) in [5, 5.41) is 7.42. The van der Waals surface area contributed by atoms with Gasteiger partial charge in [-0.05, 0) is 19.9 Å². The van der Waals surface area contributed by atoms with E-state index in [2.05, 4.69) is 10.2 Å². The highest BCUT2D eigenvalue weighted by Crippen LogP contribution is 2.30. The predicted octanol–water partition coefficient (Wildman–Crippen LogP) is 2.59. The average molecular weight is 255 g/mol. The molecular formula is C14H13N3O2. The highest BCUT2D eigenvalue weighted by atomic mass is 16.4. The van der Waals surface area contributed by atoms with Gasteiger partial charge in [-0.25, -0.2) is 0 Å². The molecule has 3 N–H and O–H groups in total. The van der Waals surface area contributed by atoms with Crippen LogP contribution >= 0.6 is 0 Å². The van der Waals surface area contributed by atoms with Gasteiger partial charge in [-0.2, -0.15) is 0 Å². The van der Waals surface area contributed by atoms with E-state index < -0.39 is 0 Å². The minimum absolute atomic E-state index is 0.112. The number of hydrogen-bond donors (Lipinski definition) is 2. The van der Waals surface area contributed by atoms with E-state index in [0.29, 0.717) is 22.2 Å². The van der Waals surface area contributed by atoms with Gasteiger partial charge in [-0.15, -0.1) is 5.10 Å². The maximum Gasteiger partial charge on any atom is 0.248 e. The monoisotopic (exact) mass is 255 g/mol. The summed E-state index contributed by atoms with van der Waals surface area (Å²) < 4.78 is 5.31. The van der Waals surface area contributed by atoms with Gasteiger partial charge >= 0.3 is 0 Å². The van der Waals surface area contributed by atoms with Crippen molar-refractivity contribution >= 4 is 22.8 Å². The number of anilines is 1. The topological polar surface area (TPSA) is 84.9 Å². The van der Waals surface area contributed by atoms with Crippen LogP contribution in [0, 0.1) is 13.8 Å². The van der Waals surface area contributed by atoms with Gasteiger partial charge in [-0.3, -0.25) is 9.89 Å². The molecule has 0 amide bonds. The summed E-state index contributed by atoms with van der Waals surface area (Å²) in [6.07, 6.45) is 0. The number of nitrogens with two attached hydrogens (primary N) is 1. The molecule has 0 fully saturated rings. The van der Waals surface area contributed by atoms with E-state index >= 15 is 0 Å². The Morgan fingerprint density at radius 1 is 1.37 bits per heavy atom. The van der Waals surface area contributed by atoms with Crippen LogP contribution in [0.15, 0.2) is 28.7 Å². The zero-order chi connectivity index (χ0) is 13.6. The summed E-state index contributed by atoms with van der Waals surface area (Å²) in [5.41, 5.74) is 8.93. The number of nitrogens with zero attached hydrogens (tertiary/aromatic N) is 1. The maximum absolute atomic E-state index is 12.6. The third-order valence-electron chi connectivity index (χ3n) is 3.12.